The van der Waals surface area contributed by atoms with E-state index in [4.69, 9.17) is 9.47 Å². The summed E-state index contributed by atoms with van der Waals surface area (Å²) in [6.45, 7) is 4.99. The van der Waals surface area contributed by atoms with Crippen LogP contribution in [0.5, 0.6) is 0 Å². The second kappa shape index (κ2) is 10.3. The van der Waals surface area contributed by atoms with Crippen LogP contribution in [0, 0.1) is 15.5 Å². The Kier molecular flexibility index (Phi) is 8.71. The summed E-state index contributed by atoms with van der Waals surface area (Å²) in [4.78, 5) is 33.0. The van der Waals surface area contributed by atoms with Gasteiger partial charge < -0.3 is 9.47 Å². The van der Waals surface area contributed by atoms with Gasteiger partial charge in [-0.25, -0.2) is 8.42 Å². The minimum atomic E-state index is -4.13. The molecule has 0 amide bonds. The average molecular weight is 430 g/mol. The summed E-state index contributed by atoms with van der Waals surface area (Å²) in [5.41, 5.74) is -1.06. The highest BCUT2D eigenvalue weighted by Crippen LogP contribution is 2.30. The molecule has 1 aromatic carbocycles. The molecule has 0 saturated carbocycles. The summed E-state index contributed by atoms with van der Waals surface area (Å²) in [6.07, 6.45) is 1.61. The van der Waals surface area contributed by atoms with Crippen molar-refractivity contribution in [2.24, 2.45) is 5.41 Å². The first-order chi connectivity index (χ1) is 13.4. The van der Waals surface area contributed by atoms with E-state index in [0.717, 1.165) is 31.4 Å². The molecule has 10 nitrogen and oxygen atoms in total. The number of nitrogens with zero attached hydrogens (tertiary/aromatic N) is 1. The maximum atomic E-state index is 12.7. The van der Waals surface area contributed by atoms with Gasteiger partial charge in [0.1, 0.15) is 6.04 Å². The molecule has 0 spiro atoms. The highest BCUT2D eigenvalue weighted by atomic mass is 32.2. The second-order valence-corrected chi connectivity index (χ2v) is 8.83. The van der Waals surface area contributed by atoms with E-state index in [0.29, 0.717) is 19.3 Å². The summed E-state index contributed by atoms with van der Waals surface area (Å²) in [5, 5.41) is 10.7. The van der Waals surface area contributed by atoms with E-state index in [2.05, 4.69) is 4.72 Å². The second-order valence-electron chi connectivity index (χ2n) is 7.11. The zero-order valence-electron chi connectivity index (χ0n) is 16.8. The van der Waals surface area contributed by atoms with E-state index >= 15 is 0 Å². The molecular weight excluding hydrogens is 404 g/mol. The molecule has 0 heterocycles. The molecule has 162 valence electrons. The number of rotatable bonds is 11. The Morgan fingerprint density at radius 1 is 1.21 bits per heavy atom. The van der Waals surface area contributed by atoms with Crippen molar-refractivity contribution in [1.82, 2.24) is 4.72 Å². The van der Waals surface area contributed by atoms with E-state index < -0.39 is 32.4 Å². The third-order valence-electron chi connectivity index (χ3n) is 4.37. The molecular formula is C18H26N2O8S. The standard InChI is InChI=1S/C18H26N2O8S/c1-13(21)28-12-6-5-11-18(2,3)16(17(22)27-4)19-29(25,26)15-9-7-14(8-10-15)20(23)24/h7-10,16,19H,5-6,11-12H2,1-4H3/t16-/m1/s1. The molecule has 0 radical (unpaired) electrons. The third kappa shape index (κ3) is 7.42. The number of benzene rings is 1. The SMILES string of the molecule is COC(=O)[C@@H](NS(=O)(=O)c1ccc([N+](=O)[O-])cc1)C(C)(C)CCCCOC(C)=O. The van der Waals surface area contributed by atoms with E-state index in [1.807, 2.05) is 0 Å². The first-order valence-electron chi connectivity index (χ1n) is 8.88. The van der Waals surface area contributed by atoms with Gasteiger partial charge >= 0.3 is 11.9 Å². The van der Waals surface area contributed by atoms with Gasteiger partial charge in [0.25, 0.3) is 5.69 Å². The fourth-order valence-corrected chi connectivity index (χ4v) is 4.01. The van der Waals surface area contributed by atoms with E-state index in [1.165, 1.54) is 6.92 Å². The first kappa shape index (κ1) is 24.5. The molecule has 0 aliphatic heterocycles. The predicted octanol–water partition coefficient (Wildman–Crippen LogP) is 2.17. The van der Waals surface area contributed by atoms with E-state index in [9.17, 15) is 28.1 Å². The lowest BCUT2D eigenvalue weighted by atomic mass is 9.80. The van der Waals surface area contributed by atoms with Gasteiger partial charge in [0.2, 0.25) is 10.0 Å². The maximum absolute atomic E-state index is 12.7. The molecule has 0 aromatic heterocycles. The van der Waals surface area contributed by atoms with Crippen molar-refractivity contribution in [2.45, 2.75) is 51.0 Å². The number of ether oxygens (including phenoxy) is 2. The summed E-state index contributed by atoms with van der Waals surface area (Å²) >= 11 is 0. The number of nitro groups is 1. The van der Waals surface area contributed by atoms with Crippen molar-refractivity contribution >= 4 is 27.6 Å². The lowest BCUT2D eigenvalue weighted by molar-refractivity contribution is -0.384. The number of methoxy groups -OCH3 is 1. The number of sulfonamides is 1. The molecule has 0 fully saturated rings. The van der Waals surface area contributed by atoms with Crippen LogP contribution in [-0.2, 0) is 29.1 Å². The normalized spacial score (nSPS) is 12.8. The Labute approximate surface area is 169 Å². The summed E-state index contributed by atoms with van der Waals surface area (Å²) in [6, 6.07) is 3.16. The Balaban J connectivity index is 2.94. The van der Waals surface area contributed by atoms with Crippen LogP contribution < -0.4 is 4.72 Å². The van der Waals surface area contributed by atoms with E-state index in [-0.39, 0.29) is 23.2 Å². The van der Waals surface area contributed by atoms with Crippen LogP contribution in [0.25, 0.3) is 0 Å². The van der Waals surface area contributed by atoms with Crippen molar-refractivity contribution < 1.29 is 32.4 Å². The van der Waals surface area contributed by atoms with Gasteiger partial charge in [-0.1, -0.05) is 13.8 Å². The number of carbonyl (C=O) groups excluding carboxylic acids is 2. The van der Waals surface area contributed by atoms with Crippen LogP contribution in [0.4, 0.5) is 5.69 Å². The number of unbranched alkanes of at least 4 members (excludes halogenated alkanes) is 1. The highest BCUT2D eigenvalue weighted by Gasteiger charge is 2.39. The Morgan fingerprint density at radius 3 is 2.28 bits per heavy atom. The summed E-state index contributed by atoms with van der Waals surface area (Å²) < 4.78 is 37.4. The fraction of sp³-hybridized carbons (Fsp3) is 0.556. The lowest BCUT2D eigenvalue weighted by Gasteiger charge is -2.32. The molecule has 0 bridgehead atoms. The van der Waals surface area contributed by atoms with Gasteiger partial charge in [-0.3, -0.25) is 19.7 Å². The van der Waals surface area contributed by atoms with Crippen LogP contribution in [0.15, 0.2) is 29.2 Å². The number of carbonyl (C=O) groups is 2. The van der Waals surface area contributed by atoms with Gasteiger partial charge in [0.05, 0.1) is 23.5 Å². The van der Waals surface area contributed by atoms with Gasteiger partial charge in [-0.05, 0) is 36.8 Å². The molecule has 1 N–H and O–H groups in total. The minimum Gasteiger partial charge on any atom is -0.468 e. The molecule has 11 heteroatoms. The number of hydrogen-bond donors (Lipinski definition) is 1. The van der Waals surface area contributed by atoms with Crippen molar-refractivity contribution in [1.29, 1.82) is 0 Å². The molecule has 29 heavy (non-hydrogen) atoms. The smallest absolute Gasteiger partial charge is 0.324 e. The third-order valence-corrected chi connectivity index (χ3v) is 5.81. The van der Waals surface area contributed by atoms with Crippen LogP contribution in [-0.4, -0.2) is 45.0 Å². The molecule has 1 rings (SSSR count). The van der Waals surface area contributed by atoms with Gasteiger partial charge in [-0.15, -0.1) is 0 Å². The number of nitrogens with one attached hydrogen (secondary N) is 1. The monoisotopic (exact) mass is 430 g/mol. The minimum absolute atomic E-state index is 0.206. The fourth-order valence-electron chi connectivity index (χ4n) is 2.66. The largest absolute Gasteiger partial charge is 0.468 e. The number of hydrogen-bond acceptors (Lipinski definition) is 8. The Bertz CT molecular complexity index is 834. The Hall–Kier alpha value is -2.53. The molecule has 0 saturated heterocycles. The molecule has 0 aliphatic rings. The first-order valence-corrected chi connectivity index (χ1v) is 10.4. The van der Waals surface area contributed by atoms with Crippen molar-refractivity contribution in [3.63, 3.8) is 0 Å². The number of esters is 2. The quantitative estimate of drug-likeness (QED) is 0.244. The van der Waals surface area contributed by atoms with Crippen LogP contribution in [0.3, 0.4) is 0 Å². The Morgan fingerprint density at radius 2 is 1.79 bits per heavy atom. The topological polar surface area (TPSA) is 142 Å². The molecule has 0 unspecified atom stereocenters. The van der Waals surface area contributed by atoms with Crippen molar-refractivity contribution in [2.75, 3.05) is 13.7 Å². The van der Waals surface area contributed by atoms with Gasteiger partial charge in [0.15, 0.2) is 0 Å². The van der Waals surface area contributed by atoms with Crippen LogP contribution >= 0.6 is 0 Å². The number of nitro benzene ring substituents is 1. The molecule has 1 atom stereocenters. The van der Waals surface area contributed by atoms with Crippen molar-refractivity contribution in [3.05, 3.63) is 34.4 Å². The summed E-state index contributed by atoms with van der Waals surface area (Å²) in [7, 11) is -2.97. The lowest BCUT2D eigenvalue weighted by Crippen LogP contribution is -2.50. The molecule has 1 aromatic rings. The zero-order chi connectivity index (χ0) is 22.2. The average Bonchev–Trinajstić information content (AvgIpc) is 2.65. The number of non-ortho nitro benzene ring substituents is 1. The van der Waals surface area contributed by atoms with Crippen LogP contribution in [0.1, 0.15) is 40.0 Å². The van der Waals surface area contributed by atoms with E-state index in [1.54, 1.807) is 13.8 Å². The highest BCUT2D eigenvalue weighted by molar-refractivity contribution is 7.89. The zero-order valence-corrected chi connectivity index (χ0v) is 17.7. The van der Waals surface area contributed by atoms with Crippen molar-refractivity contribution in [3.8, 4) is 0 Å². The maximum Gasteiger partial charge on any atom is 0.324 e. The van der Waals surface area contributed by atoms with Crippen LogP contribution in [0.2, 0.25) is 0 Å². The van der Waals surface area contributed by atoms with Gasteiger partial charge in [0, 0.05) is 19.1 Å². The summed E-state index contributed by atoms with van der Waals surface area (Å²) in [5.74, 6) is -1.13. The van der Waals surface area contributed by atoms with Gasteiger partial charge in [-0.2, -0.15) is 4.72 Å². The predicted molar refractivity (Wildman–Crippen MR) is 103 cm³/mol. The molecule has 0 aliphatic carbocycles.